The van der Waals surface area contributed by atoms with Gasteiger partial charge in [0.05, 0.1) is 12.1 Å². The first-order chi connectivity index (χ1) is 10.7. The summed E-state index contributed by atoms with van der Waals surface area (Å²) in [7, 11) is 0. The van der Waals surface area contributed by atoms with Crippen LogP contribution in [-0.4, -0.2) is 21.8 Å². The van der Waals surface area contributed by atoms with Crippen LogP contribution in [0.4, 0.5) is 0 Å². The van der Waals surface area contributed by atoms with Crippen molar-refractivity contribution in [1.29, 1.82) is 0 Å². The largest absolute Gasteiger partial charge is 0.356 e. The Hall–Kier alpha value is -2.14. The standard InChI is InChI=1S/C17H19N3OS/c1-13(14-5-3-2-4-6-14)7-8-18-16(21)11-15-12-20-9-10-22-17(20)19-15/h2-6,9-10,12-13H,7-8,11H2,1H3,(H,18,21)/t13-/m1/s1. The SMILES string of the molecule is C[C@H](CCNC(=O)Cc1cn2ccsc2n1)c1ccccc1. The Morgan fingerprint density at radius 3 is 2.95 bits per heavy atom. The van der Waals surface area contributed by atoms with E-state index in [-0.39, 0.29) is 5.91 Å². The Morgan fingerprint density at radius 1 is 1.36 bits per heavy atom. The van der Waals surface area contributed by atoms with Gasteiger partial charge in [-0.05, 0) is 17.9 Å². The molecule has 2 aromatic heterocycles. The summed E-state index contributed by atoms with van der Waals surface area (Å²) in [4.78, 5) is 17.3. The van der Waals surface area contributed by atoms with Gasteiger partial charge in [0.1, 0.15) is 0 Å². The average Bonchev–Trinajstić information content (AvgIpc) is 3.09. The molecular formula is C17H19N3OS. The maximum atomic E-state index is 12.0. The van der Waals surface area contributed by atoms with E-state index < -0.39 is 0 Å². The second kappa shape index (κ2) is 6.75. The zero-order valence-corrected chi connectivity index (χ0v) is 13.3. The molecule has 0 saturated heterocycles. The normalized spacial score (nSPS) is 12.4. The lowest BCUT2D eigenvalue weighted by molar-refractivity contribution is -0.120. The Kier molecular flexibility index (Phi) is 4.53. The molecule has 1 N–H and O–H groups in total. The molecule has 2 heterocycles. The summed E-state index contributed by atoms with van der Waals surface area (Å²) in [5, 5.41) is 4.97. The molecule has 0 unspecified atom stereocenters. The molecule has 1 atom stereocenters. The molecule has 4 nitrogen and oxygen atoms in total. The van der Waals surface area contributed by atoms with Gasteiger partial charge in [-0.1, -0.05) is 37.3 Å². The minimum atomic E-state index is 0.0333. The van der Waals surface area contributed by atoms with Crippen LogP contribution < -0.4 is 5.32 Å². The number of amides is 1. The van der Waals surface area contributed by atoms with Crippen LogP contribution in [-0.2, 0) is 11.2 Å². The van der Waals surface area contributed by atoms with Crippen molar-refractivity contribution in [3.63, 3.8) is 0 Å². The highest BCUT2D eigenvalue weighted by molar-refractivity contribution is 7.15. The van der Waals surface area contributed by atoms with Crippen molar-refractivity contribution in [2.45, 2.75) is 25.7 Å². The number of carbonyl (C=O) groups is 1. The van der Waals surface area contributed by atoms with Gasteiger partial charge in [0.15, 0.2) is 4.96 Å². The maximum absolute atomic E-state index is 12.0. The van der Waals surface area contributed by atoms with E-state index in [2.05, 4.69) is 41.5 Å². The highest BCUT2D eigenvalue weighted by atomic mass is 32.1. The summed E-state index contributed by atoms with van der Waals surface area (Å²) in [6.07, 6.45) is 5.15. The second-order valence-corrected chi connectivity index (χ2v) is 6.33. The quantitative estimate of drug-likeness (QED) is 0.759. The van der Waals surface area contributed by atoms with Gasteiger partial charge in [0.25, 0.3) is 0 Å². The van der Waals surface area contributed by atoms with E-state index in [0.29, 0.717) is 18.9 Å². The molecule has 0 aliphatic rings. The van der Waals surface area contributed by atoms with Gasteiger partial charge in [0.2, 0.25) is 5.91 Å². The van der Waals surface area contributed by atoms with Crippen molar-refractivity contribution in [1.82, 2.24) is 14.7 Å². The Morgan fingerprint density at radius 2 is 2.18 bits per heavy atom. The number of carbonyl (C=O) groups excluding carboxylic acids is 1. The van der Waals surface area contributed by atoms with Gasteiger partial charge >= 0.3 is 0 Å². The summed E-state index contributed by atoms with van der Waals surface area (Å²) >= 11 is 1.57. The van der Waals surface area contributed by atoms with Crippen LogP contribution in [0.25, 0.3) is 4.96 Å². The van der Waals surface area contributed by atoms with Crippen LogP contribution in [0.3, 0.4) is 0 Å². The number of nitrogens with zero attached hydrogens (tertiary/aromatic N) is 2. The summed E-state index contributed by atoms with van der Waals surface area (Å²) < 4.78 is 1.95. The maximum Gasteiger partial charge on any atom is 0.226 e. The van der Waals surface area contributed by atoms with Gasteiger partial charge in [-0.2, -0.15) is 0 Å². The fourth-order valence-corrected chi connectivity index (χ4v) is 3.18. The summed E-state index contributed by atoms with van der Waals surface area (Å²) in [5.41, 5.74) is 2.13. The number of fused-ring (bicyclic) bond motifs is 1. The molecule has 1 aromatic carbocycles. The molecule has 3 aromatic rings. The fraction of sp³-hybridized carbons (Fsp3) is 0.294. The number of aromatic nitrogens is 2. The van der Waals surface area contributed by atoms with Gasteiger partial charge in [0, 0.05) is 24.3 Å². The fourth-order valence-electron chi connectivity index (χ4n) is 2.46. The third kappa shape index (κ3) is 3.54. The van der Waals surface area contributed by atoms with Crippen molar-refractivity contribution in [2.24, 2.45) is 0 Å². The lowest BCUT2D eigenvalue weighted by atomic mass is 9.98. The molecule has 5 heteroatoms. The van der Waals surface area contributed by atoms with Gasteiger partial charge < -0.3 is 5.32 Å². The van der Waals surface area contributed by atoms with Crippen molar-refractivity contribution < 1.29 is 4.79 Å². The number of hydrogen-bond donors (Lipinski definition) is 1. The topological polar surface area (TPSA) is 46.4 Å². The van der Waals surface area contributed by atoms with Crippen molar-refractivity contribution >= 4 is 22.2 Å². The van der Waals surface area contributed by atoms with E-state index in [1.165, 1.54) is 5.56 Å². The van der Waals surface area contributed by atoms with Gasteiger partial charge in [-0.3, -0.25) is 9.20 Å². The van der Waals surface area contributed by atoms with Crippen LogP contribution in [0.15, 0.2) is 48.1 Å². The molecule has 0 aliphatic carbocycles. The Balaban J connectivity index is 1.45. The van der Waals surface area contributed by atoms with E-state index in [0.717, 1.165) is 17.1 Å². The molecule has 0 fully saturated rings. The Labute approximate surface area is 133 Å². The Bertz CT molecular complexity index is 719. The highest BCUT2D eigenvalue weighted by Crippen LogP contribution is 2.17. The smallest absolute Gasteiger partial charge is 0.226 e. The zero-order valence-electron chi connectivity index (χ0n) is 12.5. The minimum Gasteiger partial charge on any atom is -0.356 e. The van der Waals surface area contributed by atoms with Crippen LogP contribution >= 0.6 is 11.3 Å². The zero-order chi connectivity index (χ0) is 15.4. The van der Waals surface area contributed by atoms with E-state index >= 15 is 0 Å². The van der Waals surface area contributed by atoms with Crippen molar-refractivity contribution in [3.8, 4) is 0 Å². The first-order valence-corrected chi connectivity index (χ1v) is 8.33. The molecule has 1 amide bonds. The first kappa shape index (κ1) is 14.8. The molecule has 114 valence electrons. The predicted molar refractivity (Wildman–Crippen MR) is 89.3 cm³/mol. The molecule has 0 bridgehead atoms. The van der Waals surface area contributed by atoms with Gasteiger partial charge in [-0.25, -0.2) is 4.98 Å². The highest BCUT2D eigenvalue weighted by Gasteiger charge is 2.09. The number of thiazole rings is 1. The molecule has 22 heavy (non-hydrogen) atoms. The molecule has 0 aliphatic heterocycles. The van der Waals surface area contributed by atoms with Gasteiger partial charge in [-0.15, -0.1) is 11.3 Å². The monoisotopic (exact) mass is 313 g/mol. The van der Waals surface area contributed by atoms with E-state index in [4.69, 9.17) is 0 Å². The third-order valence-electron chi connectivity index (χ3n) is 3.75. The van der Waals surface area contributed by atoms with E-state index in [1.54, 1.807) is 11.3 Å². The number of benzene rings is 1. The van der Waals surface area contributed by atoms with Crippen LogP contribution in [0.2, 0.25) is 0 Å². The van der Waals surface area contributed by atoms with Crippen LogP contribution in [0, 0.1) is 0 Å². The lowest BCUT2D eigenvalue weighted by Crippen LogP contribution is -2.27. The molecule has 0 spiro atoms. The van der Waals surface area contributed by atoms with E-state index in [1.807, 2.05) is 28.2 Å². The molecule has 3 rings (SSSR count). The molecule has 0 radical (unpaired) electrons. The second-order valence-electron chi connectivity index (χ2n) is 5.45. The molecule has 0 saturated carbocycles. The average molecular weight is 313 g/mol. The minimum absolute atomic E-state index is 0.0333. The third-order valence-corrected chi connectivity index (χ3v) is 4.52. The lowest BCUT2D eigenvalue weighted by Gasteiger charge is -2.12. The first-order valence-electron chi connectivity index (χ1n) is 7.45. The van der Waals surface area contributed by atoms with Crippen LogP contribution in [0.5, 0.6) is 0 Å². The predicted octanol–water partition coefficient (Wildman–Crippen LogP) is 3.25. The van der Waals surface area contributed by atoms with E-state index in [9.17, 15) is 4.79 Å². The summed E-state index contributed by atoms with van der Waals surface area (Å²) in [5.74, 6) is 0.477. The summed E-state index contributed by atoms with van der Waals surface area (Å²) in [6.45, 7) is 2.88. The van der Waals surface area contributed by atoms with Crippen molar-refractivity contribution in [2.75, 3.05) is 6.54 Å². The number of hydrogen-bond acceptors (Lipinski definition) is 3. The molecular weight excluding hydrogens is 294 g/mol. The number of imidazole rings is 1. The van der Waals surface area contributed by atoms with Crippen molar-refractivity contribution in [3.05, 3.63) is 59.4 Å². The number of nitrogens with one attached hydrogen (secondary N) is 1. The van der Waals surface area contributed by atoms with Crippen LogP contribution in [0.1, 0.15) is 30.5 Å². The summed E-state index contributed by atoms with van der Waals surface area (Å²) in [6, 6.07) is 10.4. The number of rotatable bonds is 6.